The summed E-state index contributed by atoms with van der Waals surface area (Å²) < 4.78 is 5.24. The predicted molar refractivity (Wildman–Crippen MR) is 77.2 cm³/mol. The van der Waals surface area contributed by atoms with Crippen LogP contribution >= 0.6 is 0 Å². The number of carboxylic acid groups (broad SMARTS) is 1. The average molecular weight is 299 g/mol. The third kappa shape index (κ3) is 3.65. The number of amides is 2. The first kappa shape index (κ1) is 16.0. The van der Waals surface area contributed by atoms with Crippen LogP contribution < -0.4 is 0 Å². The van der Waals surface area contributed by atoms with Crippen LogP contribution in [0.25, 0.3) is 0 Å². The number of carboxylic acids is 1. The number of hydrogen-bond donors (Lipinski definition) is 1. The Labute approximate surface area is 125 Å². The largest absolute Gasteiger partial charge is 0.481 e. The number of urea groups is 1. The first-order valence-electron chi connectivity index (χ1n) is 7.59. The number of nitrogens with zero attached hydrogens (tertiary/aromatic N) is 3. The number of likely N-dealkylation sites (N-methyl/N-ethyl adjacent to an activating group) is 1. The van der Waals surface area contributed by atoms with E-state index in [9.17, 15) is 14.7 Å². The minimum absolute atomic E-state index is 0.0899. The molecule has 0 radical (unpaired) electrons. The molecule has 0 saturated carbocycles. The van der Waals surface area contributed by atoms with Gasteiger partial charge >= 0.3 is 12.0 Å². The van der Waals surface area contributed by atoms with E-state index in [1.165, 1.54) is 0 Å². The lowest BCUT2D eigenvalue weighted by Gasteiger charge is -2.38. The van der Waals surface area contributed by atoms with Crippen molar-refractivity contribution in [2.24, 2.45) is 5.92 Å². The monoisotopic (exact) mass is 299 g/mol. The molecule has 2 saturated heterocycles. The molecular formula is C14H25N3O4. The highest BCUT2D eigenvalue weighted by Gasteiger charge is 2.39. The van der Waals surface area contributed by atoms with Crippen molar-refractivity contribution in [1.29, 1.82) is 0 Å². The molecule has 7 heteroatoms. The summed E-state index contributed by atoms with van der Waals surface area (Å²) in [4.78, 5) is 29.4. The molecule has 2 unspecified atom stereocenters. The average Bonchev–Trinajstić information content (AvgIpc) is 2.96. The molecule has 0 bridgehead atoms. The third-order valence-corrected chi connectivity index (χ3v) is 4.35. The number of carbonyl (C=O) groups excluding carboxylic acids is 1. The van der Waals surface area contributed by atoms with Gasteiger partial charge in [-0.05, 0) is 13.0 Å². The number of ether oxygens (including phenoxy) is 1. The Kier molecular flexibility index (Phi) is 5.41. The molecule has 2 rings (SSSR count). The molecule has 2 aliphatic rings. The number of carbonyl (C=O) groups is 2. The van der Waals surface area contributed by atoms with Crippen molar-refractivity contribution in [2.75, 3.05) is 53.0 Å². The summed E-state index contributed by atoms with van der Waals surface area (Å²) in [5.74, 6) is -1.52. The van der Waals surface area contributed by atoms with Gasteiger partial charge in [-0.3, -0.25) is 9.69 Å². The third-order valence-electron chi connectivity index (χ3n) is 4.35. The highest BCUT2D eigenvalue weighted by atomic mass is 16.5. The number of rotatable bonds is 4. The Hall–Kier alpha value is -1.34. The minimum atomic E-state index is -0.898. The van der Waals surface area contributed by atoms with Crippen molar-refractivity contribution in [1.82, 2.24) is 14.7 Å². The molecule has 1 N–H and O–H groups in total. The van der Waals surface area contributed by atoms with Crippen LogP contribution in [0.4, 0.5) is 4.79 Å². The zero-order chi connectivity index (χ0) is 15.4. The second kappa shape index (κ2) is 7.09. The fraction of sp³-hybridized carbons (Fsp3) is 0.857. The maximum absolute atomic E-state index is 12.5. The van der Waals surface area contributed by atoms with E-state index >= 15 is 0 Å². The van der Waals surface area contributed by atoms with Gasteiger partial charge in [0.25, 0.3) is 0 Å². The number of hydrogen-bond acceptors (Lipinski definition) is 4. The topological polar surface area (TPSA) is 73.3 Å². The zero-order valence-corrected chi connectivity index (χ0v) is 12.8. The van der Waals surface area contributed by atoms with Crippen LogP contribution in [-0.4, -0.2) is 90.8 Å². The summed E-state index contributed by atoms with van der Waals surface area (Å²) in [6.07, 6.45) is 1.12. The Morgan fingerprint density at radius 2 is 1.90 bits per heavy atom. The van der Waals surface area contributed by atoms with E-state index in [-0.39, 0.29) is 18.7 Å². The summed E-state index contributed by atoms with van der Waals surface area (Å²) in [5.41, 5.74) is 0. The standard InChI is InChI=1S/C14H25N3O4/c1-3-4-16-5-7-17(8-6-16)14(20)15(2)12-10-21-9-11(12)13(18)19/h11-12H,3-10H2,1-2H3,(H,18,19). The van der Waals surface area contributed by atoms with Gasteiger partial charge < -0.3 is 19.6 Å². The van der Waals surface area contributed by atoms with Gasteiger partial charge in [-0.1, -0.05) is 6.92 Å². The van der Waals surface area contributed by atoms with E-state index < -0.39 is 11.9 Å². The molecule has 0 aromatic carbocycles. The quantitative estimate of drug-likeness (QED) is 0.801. The molecule has 120 valence electrons. The summed E-state index contributed by atoms with van der Waals surface area (Å²) in [5, 5.41) is 9.18. The Balaban J connectivity index is 1.89. The van der Waals surface area contributed by atoms with Gasteiger partial charge in [-0.25, -0.2) is 4.79 Å². The van der Waals surface area contributed by atoms with Crippen LogP contribution in [-0.2, 0) is 9.53 Å². The van der Waals surface area contributed by atoms with Crippen molar-refractivity contribution in [3.8, 4) is 0 Å². The maximum atomic E-state index is 12.5. The van der Waals surface area contributed by atoms with Crippen molar-refractivity contribution in [3.63, 3.8) is 0 Å². The van der Waals surface area contributed by atoms with Gasteiger partial charge in [-0.2, -0.15) is 0 Å². The minimum Gasteiger partial charge on any atom is -0.481 e. The molecular weight excluding hydrogens is 274 g/mol. The van der Waals surface area contributed by atoms with Gasteiger partial charge in [0.15, 0.2) is 0 Å². The molecule has 0 aromatic heterocycles. The van der Waals surface area contributed by atoms with Crippen molar-refractivity contribution in [3.05, 3.63) is 0 Å². The van der Waals surface area contributed by atoms with Crippen molar-refractivity contribution < 1.29 is 19.4 Å². The summed E-state index contributed by atoms with van der Waals surface area (Å²) in [6.45, 7) is 6.88. The van der Waals surface area contributed by atoms with Gasteiger partial charge in [-0.15, -0.1) is 0 Å². The molecule has 2 fully saturated rings. The van der Waals surface area contributed by atoms with E-state index in [0.29, 0.717) is 19.7 Å². The normalized spacial score (nSPS) is 26.9. The van der Waals surface area contributed by atoms with Gasteiger partial charge in [0.2, 0.25) is 0 Å². The Morgan fingerprint density at radius 3 is 2.48 bits per heavy atom. The van der Waals surface area contributed by atoms with E-state index in [4.69, 9.17) is 4.74 Å². The van der Waals surface area contributed by atoms with Gasteiger partial charge in [0.05, 0.1) is 19.3 Å². The van der Waals surface area contributed by atoms with Crippen molar-refractivity contribution in [2.45, 2.75) is 19.4 Å². The lowest BCUT2D eigenvalue weighted by atomic mass is 10.0. The van der Waals surface area contributed by atoms with E-state index in [1.807, 2.05) is 4.90 Å². The predicted octanol–water partition coefficient (Wildman–Crippen LogP) is 0.165. The van der Waals surface area contributed by atoms with Crippen molar-refractivity contribution >= 4 is 12.0 Å². The summed E-state index contributed by atoms with van der Waals surface area (Å²) in [7, 11) is 1.68. The van der Waals surface area contributed by atoms with Crippen LogP contribution in [0.5, 0.6) is 0 Å². The maximum Gasteiger partial charge on any atom is 0.320 e. The zero-order valence-electron chi connectivity index (χ0n) is 12.8. The van der Waals surface area contributed by atoms with E-state index in [0.717, 1.165) is 26.1 Å². The second-order valence-corrected chi connectivity index (χ2v) is 5.77. The first-order valence-corrected chi connectivity index (χ1v) is 7.59. The molecule has 0 aromatic rings. The smallest absolute Gasteiger partial charge is 0.320 e. The van der Waals surface area contributed by atoms with Crippen LogP contribution in [0.15, 0.2) is 0 Å². The van der Waals surface area contributed by atoms with E-state index in [1.54, 1.807) is 11.9 Å². The van der Waals surface area contributed by atoms with E-state index in [2.05, 4.69) is 11.8 Å². The van der Waals surface area contributed by atoms with Crippen LogP contribution in [0.1, 0.15) is 13.3 Å². The molecule has 2 atom stereocenters. The van der Waals surface area contributed by atoms with Gasteiger partial charge in [0.1, 0.15) is 5.92 Å². The Morgan fingerprint density at radius 1 is 1.24 bits per heavy atom. The highest BCUT2D eigenvalue weighted by Crippen LogP contribution is 2.20. The summed E-state index contributed by atoms with van der Waals surface area (Å²) >= 11 is 0. The molecule has 21 heavy (non-hydrogen) atoms. The molecule has 2 heterocycles. The van der Waals surface area contributed by atoms with Crippen LogP contribution in [0.2, 0.25) is 0 Å². The summed E-state index contributed by atoms with van der Waals surface area (Å²) in [6, 6.07) is -0.462. The molecule has 2 amide bonds. The molecule has 0 aliphatic carbocycles. The Bertz CT molecular complexity index is 382. The van der Waals surface area contributed by atoms with Crippen LogP contribution in [0.3, 0.4) is 0 Å². The second-order valence-electron chi connectivity index (χ2n) is 5.77. The first-order chi connectivity index (χ1) is 10.0. The fourth-order valence-electron chi connectivity index (χ4n) is 3.00. The fourth-order valence-corrected chi connectivity index (χ4v) is 3.00. The van der Waals surface area contributed by atoms with Gasteiger partial charge in [0, 0.05) is 33.2 Å². The lowest BCUT2D eigenvalue weighted by Crippen LogP contribution is -2.55. The molecule has 0 spiro atoms. The lowest BCUT2D eigenvalue weighted by molar-refractivity contribution is -0.142. The molecule has 7 nitrogen and oxygen atoms in total. The SMILES string of the molecule is CCCN1CCN(C(=O)N(C)C2COCC2C(=O)O)CC1. The number of aliphatic carboxylic acids is 1. The number of piperazine rings is 1. The highest BCUT2D eigenvalue weighted by molar-refractivity contribution is 5.77. The molecule has 2 aliphatic heterocycles. The van der Waals surface area contributed by atoms with Crippen LogP contribution in [0, 0.1) is 5.92 Å².